The number of amides is 1. The molecule has 1 atom stereocenters. The normalized spacial score (nSPS) is 17.3. The monoisotopic (exact) mass is 321 g/mol. The first-order valence-corrected chi connectivity index (χ1v) is 7.19. The number of hydrogen-bond acceptors (Lipinski definition) is 2. The van der Waals surface area contributed by atoms with Gasteiger partial charge in [0, 0.05) is 12.3 Å². The van der Waals surface area contributed by atoms with E-state index in [0.717, 1.165) is 12.1 Å². The number of carbonyl (C=O) groups is 1. The minimum atomic E-state index is -1.65. The second-order valence-electron chi connectivity index (χ2n) is 5.25. The Bertz CT molecular complexity index is 715. The molecule has 0 saturated carbocycles. The van der Waals surface area contributed by atoms with Crippen LogP contribution in [0.1, 0.15) is 16.8 Å². The van der Waals surface area contributed by atoms with Crippen LogP contribution >= 0.6 is 0 Å². The standard InChI is InChI=1S/C17H14F3NO2/c18-14-7-6-13(15(19)16(14)20)17(22)21(12-8-9-23-10-12)11-4-2-1-3-5-11/h1-7,12H,8-10H2. The van der Waals surface area contributed by atoms with Crippen molar-refractivity contribution in [1.29, 1.82) is 0 Å². The first-order chi connectivity index (χ1) is 11.1. The number of anilines is 1. The van der Waals surface area contributed by atoms with E-state index in [1.807, 2.05) is 0 Å². The largest absolute Gasteiger partial charge is 0.379 e. The maximum Gasteiger partial charge on any atom is 0.261 e. The van der Waals surface area contributed by atoms with Gasteiger partial charge in [0.05, 0.1) is 18.2 Å². The highest BCUT2D eigenvalue weighted by atomic mass is 19.2. The second-order valence-corrected chi connectivity index (χ2v) is 5.25. The van der Waals surface area contributed by atoms with Crippen LogP contribution in [0.4, 0.5) is 18.9 Å². The van der Waals surface area contributed by atoms with Gasteiger partial charge in [-0.3, -0.25) is 4.79 Å². The van der Waals surface area contributed by atoms with E-state index in [9.17, 15) is 18.0 Å². The summed E-state index contributed by atoms with van der Waals surface area (Å²) in [7, 11) is 0. The minimum absolute atomic E-state index is 0.280. The zero-order valence-electron chi connectivity index (χ0n) is 12.1. The zero-order valence-corrected chi connectivity index (χ0v) is 12.1. The fourth-order valence-corrected chi connectivity index (χ4v) is 2.63. The predicted octanol–water partition coefficient (Wildman–Crippen LogP) is 3.54. The van der Waals surface area contributed by atoms with Gasteiger partial charge in [0.15, 0.2) is 17.5 Å². The summed E-state index contributed by atoms with van der Waals surface area (Å²) in [5.74, 6) is -5.17. The van der Waals surface area contributed by atoms with Gasteiger partial charge in [0.1, 0.15) is 0 Å². The summed E-state index contributed by atoms with van der Waals surface area (Å²) in [6.07, 6.45) is 0.589. The number of halogens is 3. The van der Waals surface area contributed by atoms with Crippen LogP contribution in [-0.4, -0.2) is 25.2 Å². The predicted molar refractivity (Wildman–Crippen MR) is 78.8 cm³/mol. The van der Waals surface area contributed by atoms with Crippen molar-refractivity contribution in [1.82, 2.24) is 0 Å². The molecule has 3 nitrogen and oxygen atoms in total. The maximum absolute atomic E-state index is 14.0. The molecule has 1 unspecified atom stereocenters. The van der Waals surface area contributed by atoms with Crippen molar-refractivity contribution in [2.24, 2.45) is 0 Å². The summed E-state index contributed by atoms with van der Waals surface area (Å²) in [5, 5.41) is 0. The van der Waals surface area contributed by atoms with E-state index in [1.165, 1.54) is 4.90 Å². The molecule has 1 amide bonds. The quantitative estimate of drug-likeness (QED) is 0.809. The molecule has 1 aliphatic heterocycles. The Labute approximate surface area is 131 Å². The van der Waals surface area contributed by atoms with Crippen LogP contribution in [0.5, 0.6) is 0 Å². The second kappa shape index (κ2) is 6.42. The van der Waals surface area contributed by atoms with Gasteiger partial charge in [-0.2, -0.15) is 0 Å². The van der Waals surface area contributed by atoms with Gasteiger partial charge in [-0.05, 0) is 30.7 Å². The fourth-order valence-electron chi connectivity index (χ4n) is 2.63. The van der Waals surface area contributed by atoms with Crippen LogP contribution in [0.25, 0.3) is 0 Å². The Morgan fingerprint density at radius 1 is 1.04 bits per heavy atom. The lowest BCUT2D eigenvalue weighted by molar-refractivity contribution is 0.0966. The summed E-state index contributed by atoms with van der Waals surface area (Å²) in [6.45, 7) is 0.799. The number of ether oxygens (including phenoxy) is 1. The van der Waals surface area contributed by atoms with E-state index in [1.54, 1.807) is 30.3 Å². The van der Waals surface area contributed by atoms with Crippen molar-refractivity contribution in [2.45, 2.75) is 12.5 Å². The Hall–Kier alpha value is -2.34. The first kappa shape index (κ1) is 15.6. The Morgan fingerprint density at radius 3 is 2.43 bits per heavy atom. The van der Waals surface area contributed by atoms with Crippen molar-refractivity contribution in [3.05, 3.63) is 65.5 Å². The first-order valence-electron chi connectivity index (χ1n) is 7.19. The molecule has 0 spiro atoms. The molecule has 2 aromatic carbocycles. The molecule has 0 aromatic heterocycles. The van der Waals surface area contributed by atoms with Gasteiger partial charge in [-0.1, -0.05) is 18.2 Å². The Morgan fingerprint density at radius 2 is 1.78 bits per heavy atom. The van der Waals surface area contributed by atoms with Crippen molar-refractivity contribution < 1.29 is 22.7 Å². The lowest BCUT2D eigenvalue weighted by atomic mass is 10.1. The van der Waals surface area contributed by atoms with Crippen molar-refractivity contribution >= 4 is 11.6 Å². The van der Waals surface area contributed by atoms with Crippen molar-refractivity contribution in [2.75, 3.05) is 18.1 Å². The zero-order chi connectivity index (χ0) is 16.4. The molecule has 2 aromatic rings. The topological polar surface area (TPSA) is 29.5 Å². The Balaban J connectivity index is 2.03. The SMILES string of the molecule is O=C(c1ccc(F)c(F)c1F)N(c1ccccc1)C1CCOC1. The average Bonchev–Trinajstić information content (AvgIpc) is 3.08. The van der Waals surface area contributed by atoms with Crippen molar-refractivity contribution in [3.63, 3.8) is 0 Å². The smallest absolute Gasteiger partial charge is 0.261 e. The molecule has 1 heterocycles. The third-order valence-electron chi connectivity index (χ3n) is 3.79. The molecule has 120 valence electrons. The number of carbonyl (C=O) groups excluding carboxylic acids is 1. The van der Waals surface area contributed by atoms with Gasteiger partial charge >= 0.3 is 0 Å². The third kappa shape index (κ3) is 2.94. The third-order valence-corrected chi connectivity index (χ3v) is 3.79. The molecular formula is C17H14F3NO2. The van der Waals surface area contributed by atoms with Crippen LogP contribution in [0.3, 0.4) is 0 Å². The van der Waals surface area contributed by atoms with Gasteiger partial charge in [-0.25, -0.2) is 13.2 Å². The molecule has 23 heavy (non-hydrogen) atoms. The van der Waals surface area contributed by atoms with Crippen LogP contribution < -0.4 is 4.90 Å². The van der Waals surface area contributed by atoms with Gasteiger partial charge < -0.3 is 9.64 Å². The highest BCUT2D eigenvalue weighted by Crippen LogP contribution is 2.26. The van der Waals surface area contributed by atoms with Gasteiger partial charge in [-0.15, -0.1) is 0 Å². The van der Waals surface area contributed by atoms with E-state index < -0.39 is 28.9 Å². The lowest BCUT2D eigenvalue weighted by Crippen LogP contribution is -2.41. The minimum Gasteiger partial charge on any atom is -0.379 e. The molecule has 0 radical (unpaired) electrons. The van der Waals surface area contributed by atoms with Crippen LogP contribution in [0.2, 0.25) is 0 Å². The molecular weight excluding hydrogens is 307 g/mol. The Kier molecular flexibility index (Phi) is 4.34. The molecule has 3 rings (SSSR count). The average molecular weight is 321 g/mol. The highest BCUT2D eigenvalue weighted by molar-refractivity contribution is 6.06. The molecule has 0 bridgehead atoms. The van der Waals surface area contributed by atoms with Gasteiger partial charge in [0.25, 0.3) is 5.91 Å². The molecule has 1 saturated heterocycles. The molecule has 0 aliphatic carbocycles. The number of para-hydroxylation sites is 1. The fraction of sp³-hybridized carbons (Fsp3) is 0.235. The van der Waals surface area contributed by atoms with E-state index in [2.05, 4.69) is 0 Å². The summed E-state index contributed by atoms with van der Waals surface area (Å²) >= 11 is 0. The van der Waals surface area contributed by atoms with Crippen LogP contribution in [-0.2, 0) is 4.74 Å². The number of hydrogen-bond donors (Lipinski definition) is 0. The van der Waals surface area contributed by atoms with Gasteiger partial charge in [0.2, 0.25) is 0 Å². The van der Waals surface area contributed by atoms with Crippen molar-refractivity contribution in [3.8, 4) is 0 Å². The number of benzene rings is 2. The summed E-state index contributed by atoms with van der Waals surface area (Å²) in [4.78, 5) is 14.1. The molecule has 1 fully saturated rings. The van der Waals surface area contributed by atoms with E-state index in [0.29, 0.717) is 25.3 Å². The number of nitrogens with zero attached hydrogens (tertiary/aromatic N) is 1. The van der Waals surface area contributed by atoms with Crippen LogP contribution in [0, 0.1) is 17.5 Å². The summed E-state index contributed by atoms with van der Waals surface area (Å²) in [6, 6.07) is 10.1. The van der Waals surface area contributed by atoms with E-state index in [4.69, 9.17) is 4.74 Å². The molecule has 6 heteroatoms. The molecule has 0 N–H and O–H groups in total. The molecule has 1 aliphatic rings. The summed E-state index contributed by atoms with van der Waals surface area (Å²) in [5.41, 5.74) is 0.0526. The lowest BCUT2D eigenvalue weighted by Gasteiger charge is -2.28. The number of rotatable bonds is 3. The van der Waals surface area contributed by atoms with E-state index in [-0.39, 0.29) is 6.04 Å². The maximum atomic E-state index is 14.0. The van der Waals surface area contributed by atoms with E-state index >= 15 is 0 Å². The van der Waals surface area contributed by atoms with Crippen LogP contribution in [0.15, 0.2) is 42.5 Å². The highest BCUT2D eigenvalue weighted by Gasteiger charge is 2.31. The summed E-state index contributed by atoms with van der Waals surface area (Å²) < 4.78 is 45.8.